The van der Waals surface area contributed by atoms with Crippen LogP contribution >= 0.6 is 0 Å². The molecule has 0 atom stereocenters. The number of hydrogen-bond acceptors (Lipinski definition) is 3. The lowest BCUT2D eigenvalue weighted by Gasteiger charge is -2.25. The second-order valence-electron chi connectivity index (χ2n) is 4.91. The summed E-state index contributed by atoms with van der Waals surface area (Å²) in [5, 5.41) is 22.5. The average Bonchev–Trinajstić information content (AvgIpc) is 2.68. The molecule has 0 saturated heterocycles. The Balaban J connectivity index is 2.02. The Morgan fingerprint density at radius 2 is 1.94 bits per heavy atom. The third kappa shape index (κ3) is 2.30. The monoisotopic (exact) mass is 221 g/mol. The second kappa shape index (κ2) is 4.34. The first-order valence-corrected chi connectivity index (χ1v) is 5.86. The van der Waals surface area contributed by atoms with Crippen molar-refractivity contribution in [3.63, 3.8) is 0 Å². The van der Waals surface area contributed by atoms with Gasteiger partial charge in [0.25, 0.3) is 0 Å². The first kappa shape index (κ1) is 11.3. The summed E-state index contributed by atoms with van der Waals surface area (Å²) >= 11 is 0. The summed E-state index contributed by atoms with van der Waals surface area (Å²) in [7, 11) is 0. The Morgan fingerprint density at radius 3 is 2.62 bits per heavy atom. The van der Waals surface area contributed by atoms with Crippen molar-refractivity contribution in [3.05, 3.63) is 23.8 Å². The third-order valence-electron chi connectivity index (χ3n) is 3.51. The van der Waals surface area contributed by atoms with E-state index < -0.39 is 0 Å². The third-order valence-corrected chi connectivity index (χ3v) is 3.51. The predicted molar refractivity (Wildman–Crippen MR) is 63.5 cm³/mol. The predicted octanol–water partition coefficient (Wildman–Crippen LogP) is 2.52. The Morgan fingerprint density at radius 1 is 1.25 bits per heavy atom. The minimum absolute atomic E-state index is 0.00315. The van der Waals surface area contributed by atoms with E-state index in [9.17, 15) is 10.2 Å². The summed E-state index contributed by atoms with van der Waals surface area (Å²) in [6.45, 7) is 2.83. The fourth-order valence-corrected chi connectivity index (χ4v) is 2.36. The maximum absolute atomic E-state index is 9.67. The van der Waals surface area contributed by atoms with Gasteiger partial charge in [-0.3, -0.25) is 0 Å². The highest BCUT2D eigenvalue weighted by Gasteiger charge is 2.27. The molecule has 0 radical (unpaired) electrons. The van der Waals surface area contributed by atoms with Crippen LogP contribution in [-0.2, 0) is 6.54 Å². The van der Waals surface area contributed by atoms with Gasteiger partial charge in [-0.05, 0) is 25.8 Å². The van der Waals surface area contributed by atoms with Crippen LogP contribution in [0.4, 0.5) is 0 Å². The summed E-state index contributed by atoms with van der Waals surface area (Å²) in [4.78, 5) is 0. The van der Waals surface area contributed by atoms with Gasteiger partial charge in [0.2, 0.25) is 0 Å². The number of nitrogens with one attached hydrogen (secondary N) is 1. The van der Waals surface area contributed by atoms with Gasteiger partial charge < -0.3 is 15.5 Å². The van der Waals surface area contributed by atoms with Crippen molar-refractivity contribution in [2.45, 2.75) is 44.7 Å². The van der Waals surface area contributed by atoms with Crippen LogP contribution in [-0.4, -0.2) is 15.8 Å². The van der Waals surface area contributed by atoms with Crippen molar-refractivity contribution in [2.24, 2.45) is 0 Å². The molecule has 1 saturated carbocycles. The maximum Gasteiger partial charge on any atom is 0.161 e. The average molecular weight is 221 g/mol. The molecule has 0 bridgehead atoms. The number of hydrogen-bond donors (Lipinski definition) is 3. The summed E-state index contributed by atoms with van der Waals surface area (Å²) < 4.78 is 0. The van der Waals surface area contributed by atoms with Gasteiger partial charge in [0.15, 0.2) is 11.5 Å². The number of aromatic hydroxyl groups is 2. The van der Waals surface area contributed by atoms with Crippen LogP contribution in [0.1, 0.15) is 38.2 Å². The highest BCUT2D eigenvalue weighted by Crippen LogP contribution is 2.31. The van der Waals surface area contributed by atoms with Crippen LogP contribution in [0.15, 0.2) is 18.2 Å². The van der Waals surface area contributed by atoms with E-state index in [0.717, 1.165) is 5.56 Å². The molecule has 1 fully saturated rings. The topological polar surface area (TPSA) is 52.5 Å². The standard InChI is InChI=1S/C13H19NO2/c1-13(7-2-3-8-13)14-9-10-5-4-6-11(15)12(10)16/h4-6,14-16H,2-3,7-9H2,1H3. The molecule has 3 nitrogen and oxygen atoms in total. The summed E-state index contributed by atoms with van der Waals surface area (Å²) in [5.74, 6) is -0.0486. The van der Waals surface area contributed by atoms with Gasteiger partial charge in [-0.25, -0.2) is 0 Å². The van der Waals surface area contributed by atoms with Crippen molar-refractivity contribution in [1.29, 1.82) is 0 Å². The molecular weight excluding hydrogens is 202 g/mol. The SMILES string of the molecule is CC1(NCc2cccc(O)c2O)CCCC1. The molecule has 2 rings (SSSR count). The van der Waals surface area contributed by atoms with E-state index >= 15 is 0 Å². The fourth-order valence-electron chi connectivity index (χ4n) is 2.36. The largest absolute Gasteiger partial charge is 0.504 e. The quantitative estimate of drug-likeness (QED) is 0.687. The molecular formula is C13H19NO2. The van der Waals surface area contributed by atoms with Crippen molar-refractivity contribution in [3.8, 4) is 11.5 Å². The Hall–Kier alpha value is -1.22. The number of rotatable bonds is 3. The van der Waals surface area contributed by atoms with E-state index in [2.05, 4.69) is 12.2 Å². The molecule has 0 aromatic heterocycles. The van der Waals surface area contributed by atoms with Crippen molar-refractivity contribution in [2.75, 3.05) is 0 Å². The van der Waals surface area contributed by atoms with Crippen molar-refractivity contribution >= 4 is 0 Å². The van der Waals surface area contributed by atoms with E-state index in [4.69, 9.17) is 0 Å². The molecule has 1 aromatic carbocycles. The molecule has 1 aliphatic carbocycles. The van der Waals surface area contributed by atoms with Crippen molar-refractivity contribution in [1.82, 2.24) is 5.32 Å². The molecule has 88 valence electrons. The lowest BCUT2D eigenvalue weighted by Crippen LogP contribution is -2.38. The zero-order chi connectivity index (χ0) is 11.6. The molecule has 0 unspecified atom stereocenters. The first-order chi connectivity index (χ1) is 7.61. The van der Waals surface area contributed by atoms with E-state index in [0.29, 0.717) is 6.54 Å². The van der Waals surface area contributed by atoms with Gasteiger partial charge >= 0.3 is 0 Å². The molecule has 3 heteroatoms. The van der Waals surface area contributed by atoms with Gasteiger partial charge in [0.1, 0.15) is 0 Å². The summed E-state index contributed by atoms with van der Waals surface area (Å²) in [5.41, 5.74) is 0.950. The molecule has 3 N–H and O–H groups in total. The van der Waals surface area contributed by atoms with Crippen LogP contribution in [0.2, 0.25) is 0 Å². The molecule has 0 heterocycles. The maximum atomic E-state index is 9.67. The molecule has 1 aliphatic rings. The van der Waals surface area contributed by atoms with Crippen LogP contribution in [0.5, 0.6) is 11.5 Å². The fraction of sp³-hybridized carbons (Fsp3) is 0.538. The Labute approximate surface area is 96.1 Å². The van der Waals surface area contributed by atoms with Crippen LogP contribution in [0.3, 0.4) is 0 Å². The van der Waals surface area contributed by atoms with E-state index in [1.165, 1.54) is 31.7 Å². The molecule has 1 aromatic rings. The Kier molecular flexibility index (Phi) is 3.06. The van der Waals surface area contributed by atoms with Crippen LogP contribution in [0, 0.1) is 0 Å². The molecule has 16 heavy (non-hydrogen) atoms. The van der Waals surface area contributed by atoms with Gasteiger partial charge in [-0.2, -0.15) is 0 Å². The van der Waals surface area contributed by atoms with E-state index in [-0.39, 0.29) is 17.0 Å². The van der Waals surface area contributed by atoms with Gasteiger partial charge in [0.05, 0.1) is 0 Å². The molecule has 0 spiro atoms. The highest BCUT2D eigenvalue weighted by molar-refractivity contribution is 5.44. The normalized spacial score (nSPS) is 18.8. The zero-order valence-electron chi connectivity index (χ0n) is 9.66. The van der Waals surface area contributed by atoms with Gasteiger partial charge in [-0.1, -0.05) is 25.0 Å². The Bertz CT molecular complexity index is 370. The summed E-state index contributed by atoms with van der Waals surface area (Å²) in [6, 6.07) is 5.08. The number of phenolic OH excluding ortho intramolecular Hbond substituents is 2. The lowest BCUT2D eigenvalue weighted by molar-refractivity contribution is 0.353. The van der Waals surface area contributed by atoms with Gasteiger partial charge in [-0.15, -0.1) is 0 Å². The van der Waals surface area contributed by atoms with Gasteiger partial charge in [0, 0.05) is 17.6 Å². The van der Waals surface area contributed by atoms with Crippen LogP contribution < -0.4 is 5.32 Å². The molecule has 0 amide bonds. The smallest absolute Gasteiger partial charge is 0.161 e. The minimum atomic E-state index is -0.0455. The summed E-state index contributed by atoms with van der Waals surface area (Å²) in [6.07, 6.45) is 4.92. The minimum Gasteiger partial charge on any atom is -0.504 e. The van der Waals surface area contributed by atoms with Crippen molar-refractivity contribution < 1.29 is 10.2 Å². The van der Waals surface area contributed by atoms with Crippen LogP contribution in [0.25, 0.3) is 0 Å². The highest BCUT2D eigenvalue weighted by atomic mass is 16.3. The first-order valence-electron chi connectivity index (χ1n) is 5.86. The van der Waals surface area contributed by atoms with E-state index in [1.54, 1.807) is 6.07 Å². The zero-order valence-corrected chi connectivity index (χ0v) is 9.66. The number of benzene rings is 1. The molecule has 0 aliphatic heterocycles. The second-order valence-corrected chi connectivity index (χ2v) is 4.91. The number of phenols is 2. The lowest BCUT2D eigenvalue weighted by atomic mass is 10.00. The number of para-hydroxylation sites is 1. The van der Waals surface area contributed by atoms with E-state index in [1.807, 2.05) is 6.07 Å².